The Balaban J connectivity index is 1.79. The molecule has 144 valence electrons. The molecule has 1 saturated carbocycles. The van der Waals surface area contributed by atoms with Gasteiger partial charge in [-0.2, -0.15) is 0 Å². The number of ketones is 1. The Kier molecular flexibility index (Phi) is 6.92. The minimum atomic E-state index is 0.0707. The summed E-state index contributed by atoms with van der Waals surface area (Å²) >= 11 is 0. The summed E-state index contributed by atoms with van der Waals surface area (Å²) in [5.41, 5.74) is 2.27. The standard InChI is InChI=1S/C24H30O3/c1-26-22-14-8-6-10-18(22)16-20-12-4-3-5-13-21(24(20)25)17-19-11-7-9-15-23(19)27-2/h6-11,14-15,20-21H,3-5,12-13,16-17H2,1-2H3. The van der Waals surface area contributed by atoms with Crippen LogP contribution in [0.1, 0.15) is 43.2 Å². The molecule has 2 unspecified atom stereocenters. The third-order valence-electron chi connectivity index (χ3n) is 5.73. The van der Waals surface area contributed by atoms with Crippen LogP contribution >= 0.6 is 0 Å². The Morgan fingerprint density at radius 1 is 0.741 bits per heavy atom. The SMILES string of the molecule is COc1ccccc1CC1CCCCCC(Cc2ccccc2OC)C1=O. The lowest BCUT2D eigenvalue weighted by molar-refractivity contribution is -0.127. The van der Waals surface area contributed by atoms with Crippen LogP contribution in [0.5, 0.6) is 11.5 Å². The van der Waals surface area contributed by atoms with Gasteiger partial charge in [0.25, 0.3) is 0 Å². The summed E-state index contributed by atoms with van der Waals surface area (Å²) < 4.78 is 11.0. The molecule has 3 nitrogen and oxygen atoms in total. The lowest BCUT2D eigenvalue weighted by Crippen LogP contribution is -2.28. The zero-order chi connectivity index (χ0) is 19.1. The first-order valence-electron chi connectivity index (χ1n) is 10.0. The van der Waals surface area contributed by atoms with Crippen LogP contribution in [0, 0.1) is 11.8 Å². The Morgan fingerprint density at radius 2 is 1.19 bits per heavy atom. The summed E-state index contributed by atoms with van der Waals surface area (Å²) in [4.78, 5) is 13.4. The van der Waals surface area contributed by atoms with Crippen LogP contribution in [-0.4, -0.2) is 20.0 Å². The second-order valence-corrected chi connectivity index (χ2v) is 7.47. The van der Waals surface area contributed by atoms with Crippen LogP contribution < -0.4 is 9.47 Å². The number of hydrogen-bond acceptors (Lipinski definition) is 3. The molecule has 0 radical (unpaired) electrons. The van der Waals surface area contributed by atoms with Crippen molar-refractivity contribution in [2.75, 3.05) is 14.2 Å². The number of carbonyl (C=O) groups is 1. The average molecular weight is 367 g/mol. The molecule has 0 aliphatic heterocycles. The highest BCUT2D eigenvalue weighted by atomic mass is 16.5. The lowest BCUT2D eigenvalue weighted by atomic mass is 9.77. The number of ether oxygens (including phenoxy) is 2. The van der Waals surface area contributed by atoms with E-state index < -0.39 is 0 Å². The van der Waals surface area contributed by atoms with Gasteiger partial charge in [-0.3, -0.25) is 4.79 Å². The van der Waals surface area contributed by atoms with E-state index in [1.807, 2.05) is 36.4 Å². The fraction of sp³-hybridized carbons (Fsp3) is 0.458. The maximum absolute atomic E-state index is 13.4. The van der Waals surface area contributed by atoms with Gasteiger partial charge in [0.05, 0.1) is 14.2 Å². The molecule has 0 heterocycles. The van der Waals surface area contributed by atoms with Crippen LogP contribution in [0.15, 0.2) is 48.5 Å². The van der Waals surface area contributed by atoms with Crippen molar-refractivity contribution in [3.8, 4) is 11.5 Å². The van der Waals surface area contributed by atoms with Gasteiger partial charge in [-0.15, -0.1) is 0 Å². The van der Waals surface area contributed by atoms with Crippen LogP contribution in [0.25, 0.3) is 0 Å². The van der Waals surface area contributed by atoms with E-state index in [2.05, 4.69) is 12.1 Å². The fourth-order valence-electron chi connectivity index (χ4n) is 4.26. The van der Waals surface area contributed by atoms with Crippen LogP contribution in [0.4, 0.5) is 0 Å². The van der Waals surface area contributed by atoms with Crippen molar-refractivity contribution in [2.24, 2.45) is 11.8 Å². The second kappa shape index (κ2) is 9.59. The van der Waals surface area contributed by atoms with Gasteiger partial charge in [0, 0.05) is 11.8 Å². The fourth-order valence-corrected chi connectivity index (χ4v) is 4.26. The molecule has 2 atom stereocenters. The molecule has 0 bridgehead atoms. The van der Waals surface area contributed by atoms with Crippen molar-refractivity contribution in [1.82, 2.24) is 0 Å². The molecule has 0 N–H and O–H groups in total. The number of benzene rings is 2. The molecule has 1 fully saturated rings. The smallest absolute Gasteiger partial charge is 0.139 e. The van der Waals surface area contributed by atoms with E-state index in [1.54, 1.807) is 14.2 Å². The lowest BCUT2D eigenvalue weighted by Gasteiger charge is -2.26. The largest absolute Gasteiger partial charge is 0.496 e. The van der Waals surface area contributed by atoms with E-state index in [0.29, 0.717) is 5.78 Å². The van der Waals surface area contributed by atoms with E-state index in [1.165, 1.54) is 6.42 Å². The zero-order valence-electron chi connectivity index (χ0n) is 16.4. The molecule has 0 aromatic heterocycles. The molecule has 1 aliphatic rings. The Labute approximate surface area is 162 Å². The molecule has 27 heavy (non-hydrogen) atoms. The first-order chi connectivity index (χ1) is 13.2. The van der Waals surface area contributed by atoms with Gasteiger partial charge in [0.1, 0.15) is 17.3 Å². The molecule has 0 amide bonds. The Morgan fingerprint density at radius 3 is 1.63 bits per heavy atom. The van der Waals surface area contributed by atoms with E-state index in [9.17, 15) is 4.79 Å². The molecule has 2 aromatic rings. The molecule has 0 spiro atoms. The minimum absolute atomic E-state index is 0.0707. The van der Waals surface area contributed by atoms with Crippen molar-refractivity contribution in [3.05, 3.63) is 59.7 Å². The molecule has 3 rings (SSSR count). The van der Waals surface area contributed by atoms with Crippen LogP contribution in [0.2, 0.25) is 0 Å². The van der Waals surface area contributed by atoms with Gasteiger partial charge in [-0.05, 0) is 48.9 Å². The number of carbonyl (C=O) groups excluding carboxylic acids is 1. The predicted molar refractivity (Wildman–Crippen MR) is 108 cm³/mol. The summed E-state index contributed by atoms with van der Waals surface area (Å²) in [7, 11) is 3.40. The summed E-state index contributed by atoms with van der Waals surface area (Å²) in [6.07, 6.45) is 6.95. The molecule has 0 saturated heterocycles. The maximum atomic E-state index is 13.4. The van der Waals surface area contributed by atoms with E-state index >= 15 is 0 Å². The minimum Gasteiger partial charge on any atom is -0.496 e. The van der Waals surface area contributed by atoms with Crippen molar-refractivity contribution < 1.29 is 14.3 Å². The molecule has 2 aromatic carbocycles. The third-order valence-corrected chi connectivity index (χ3v) is 5.73. The maximum Gasteiger partial charge on any atom is 0.139 e. The van der Waals surface area contributed by atoms with Gasteiger partial charge < -0.3 is 9.47 Å². The number of rotatable bonds is 6. The van der Waals surface area contributed by atoms with Gasteiger partial charge in [0.2, 0.25) is 0 Å². The highest BCUT2D eigenvalue weighted by Gasteiger charge is 2.29. The topological polar surface area (TPSA) is 35.5 Å². The predicted octanol–water partition coefficient (Wildman–Crippen LogP) is 5.25. The number of methoxy groups -OCH3 is 2. The Hall–Kier alpha value is -2.29. The van der Waals surface area contributed by atoms with Gasteiger partial charge in [-0.1, -0.05) is 55.7 Å². The highest BCUT2D eigenvalue weighted by Crippen LogP contribution is 2.32. The first kappa shape index (κ1) is 19.5. The average Bonchev–Trinajstić information content (AvgIpc) is 2.70. The summed E-state index contributed by atoms with van der Waals surface area (Å²) in [6.45, 7) is 0. The van der Waals surface area contributed by atoms with Crippen molar-refractivity contribution in [2.45, 2.75) is 44.9 Å². The van der Waals surface area contributed by atoms with E-state index in [-0.39, 0.29) is 11.8 Å². The van der Waals surface area contributed by atoms with Gasteiger partial charge in [-0.25, -0.2) is 0 Å². The summed E-state index contributed by atoms with van der Waals surface area (Å²) in [5.74, 6) is 2.32. The van der Waals surface area contributed by atoms with Crippen molar-refractivity contribution >= 4 is 5.78 Å². The third kappa shape index (κ3) is 4.91. The quantitative estimate of drug-likeness (QED) is 0.700. The number of para-hydroxylation sites is 2. The van der Waals surface area contributed by atoms with Crippen molar-refractivity contribution in [1.29, 1.82) is 0 Å². The zero-order valence-corrected chi connectivity index (χ0v) is 16.4. The van der Waals surface area contributed by atoms with E-state index in [0.717, 1.165) is 61.2 Å². The number of hydrogen-bond donors (Lipinski definition) is 0. The van der Waals surface area contributed by atoms with Gasteiger partial charge >= 0.3 is 0 Å². The Bertz CT molecular complexity index is 691. The second-order valence-electron chi connectivity index (χ2n) is 7.47. The number of Topliss-reactive ketones (excluding diaryl/α,β-unsaturated/α-hetero) is 1. The summed E-state index contributed by atoms with van der Waals surface area (Å²) in [6, 6.07) is 16.1. The first-order valence-corrected chi connectivity index (χ1v) is 10.0. The van der Waals surface area contributed by atoms with Gasteiger partial charge in [0.15, 0.2) is 0 Å². The van der Waals surface area contributed by atoms with Crippen LogP contribution in [0.3, 0.4) is 0 Å². The normalized spacial score (nSPS) is 20.6. The summed E-state index contributed by atoms with van der Waals surface area (Å²) in [5, 5.41) is 0. The monoisotopic (exact) mass is 366 g/mol. The van der Waals surface area contributed by atoms with E-state index in [4.69, 9.17) is 9.47 Å². The van der Waals surface area contributed by atoms with Crippen molar-refractivity contribution in [3.63, 3.8) is 0 Å². The molecular weight excluding hydrogens is 336 g/mol. The highest BCUT2D eigenvalue weighted by molar-refractivity contribution is 5.84. The molecular formula is C24H30O3. The molecule has 3 heteroatoms. The van der Waals surface area contributed by atoms with Crippen LogP contribution in [-0.2, 0) is 17.6 Å². The molecule has 1 aliphatic carbocycles.